The van der Waals surface area contributed by atoms with E-state index in [4.69, 9.17) is 9.15 Å². The highest BCUT2D eigenvalue weighted by Crippen LogP contribution is 2.60. The van der Waals surface area contributed by atoms with Crippen LogP contribution >= 0.6 is 0 Å². The van der Waals surface area contributed by atoms with Gasteiger partial charge in [0.1, 0.15) is 16.9 Å². The Bertz CT molecular complexity index is 4270. The second-order valence-electron chi connectivity index (χ2n) is 23.9. The fraction of sp³-hybridized carbons (Fsp3) is 0.205. The predicted molar refractivity (Wildman–Crippen MR) is 312 cm³/mol. The maximum atomic E-state index is 6.88. The highest BCUT2D eigenvalue weighted by atomic mass is 16.5. The molecule has 1 unspecified atom stereocenters. The summed E-state index contributed by atoms with van der Waals surface area (Å²) in [4.78, 5) is 0. The van der Waals surface area contributed by atoms with Crippen LogP contribution in [-0.2, 0) is 35.5 Å². The van der Waals surface area contributed by atoms with E-state index in [0.29, 0.717) is 6.61 Å². The number of ether oxygens (including phenoxy) is 1. The molecule has 2 heterocycles. The third kappa shape index (κ3) is 6.38. The Labute approximate surface area is 440 Å². The topological polar surface area (TPSA) is 22.4 Å². The Morgan fingerprint density at radius 2 is 1.09 bits per heavy atom. The molecule has 0 radical (unpaired) electrons. The first-order chi connectivity index (χ1) is 36.3. The van der Waals surface area contributed by atoms with Gasteiger partial charge in [-0.1, -0.05) is 187 Å². The van der Waals surface area contributed by atoms with E-state index >= 15 is 0 Å². The largest absolute Gasteiger partial charge is 0.493 e. The summed E-state index contributed by atoms with van der Waals surface area (Å²) < 4.78 is 13.2. The molecule has 10 aromatic carbocycles. The van der Waals surface area contributed by atoms with Gasteiger partial charge in [-0.05, 0) is 179 Å². The van der Waals surface area contributed by atoms with Gasteiger partial charge in [-0.25, -0.2) is 0 Å². The van der Waals surface area contributed by atoms with E-state index in [9.17, 15) is 0 Å². The average Bonchev–Trinajstić information content (AvgIpc) is 4.10. The van der Waals surface area contributed by atoms with Crippen LogP contribution in [0.25, 0.3) is 88.3 Å². The quantitative estimate of drug-likeness (QED) is 0.166. The summed E-state index contributed by atoms with van der Waals surface area (Å²) in [5, 5.41) is 4.87. The van der Waals surface area contributed by atoms with Crippen LogP contribution in [0.2, 0.25) is 0 Å². The van der Waals surface area contributed by atoms with Gasteiger partial charge in [0.15, 0.2) is 0 Å². The second kappa shape index (κ2) is 15.8. The van der Waals surface area contributed by atoms with Gasteiger partial charge in [-0.2, -0.15) is 0 Å². The average molecular weight is 969 g/mol. The molecular weight excluding hydrogens is 909 g/mol. The molecule has 0 saturated heterocycles. The van der Waals surface area contributed by atoms with Gasteiger partial charge < -0.3 is 9.15 Å². The lowest BCUT2D eigenvalue weighted by atomic mass is 9.78. The van der Waals surface area contributed by atoms with Gasteiger partial charge in [0, 0.05) is 44.6 Å². The molecule has 75 heavy (non-hydrogen) atoms. The van der Waals surface area contributed by atoms with E-state index in [1.165, 1.54) is 133 Å². The Morgan fingerprint density at radius 3 is 1.92 bits per heavy atom. The van der Waals surface area contributed by atoms with Gasteiger partial charge in [-0.15, -0.1) is 0 Å². The third-order valence-corrected chi connectivity index (χ3v) is 18.6. The van der Waals surface area contributed by atoms with Crippen molar-refractivity contribution in [3.05, 3.63) is 243 Å². The molecule has 0 bridgehead atoms. The molecule has 1 atom stereocenters. The number of hydrogen-bond acceptors (Lipinski definition) is 2. The normalized spacial score (nSPS) is 16.0. The van der Waals surface area contributed by atoms with Crippen LogP contribution in [0.4, 0.5) is 0 Å². The Kier molecular flexibility index (Phi) is 9.38. The highest BCUT2D eigenvalue weighted by Gasteiger charge is 2.44. The van der Waals surface area contributed by atoms with Crippen LogP contribution in [-0.4, -0.2) is 6.61 Å². The van der Waals surface area contributed by atoms with Crippen molar-refractivity contribution in [2.24, 2.45) is 0 Å². The number of hydrogen-bond donors (Lipinski definition) is 0. The number of aryl methyl sites for hydroxylation is 1. The van der Waals surface area contributed by atoms with Gasteiger partial charge in [0.25, 0.3) is 0 Å². The van der Waals surface area contributed by atoms with Crippen molar-refractivity contribution in [1.82, 2.24) is 0 Å². The van der Waals surface area contributed by atoms with Gasteiger partial charge >= 0.3 is 0 Å². The first-order valence-electron chi connectivity index (χ1n) is 27.2. The van der Waals surface area contributed by atoms with E-state index < -0.39 is 0 Å². The zero-order valence-electron chi connectivity index (χ0n) is 44.0. The Balaban J connectivity index is 0.803. The number of para-hydroxylation sites is 2. The molecular formula is C73H60O2. The van der Waals surface area contributed by atoms with Crippen LogP contribution < -0.4 is 4.74 Å². The minimum Gasteiger partial charge on any atom is -0.493 e. The lowest BCUT2D eigenvalue weighted by molar-refractivity contribution is 0.326. The van der Waals surface area contributed by atoms with Gasteiger partial charge in [-0.3, -0.25) is 0 Å². The molecule has 15 rings (SSSR count). The summed E-state index contributed by atoms with van der Waals surface area (Å²) in [7, 11) is 0. The van der Waals surface area contributed by atoms with Crippen molar-refractivity contribution >= 4 is 32.7 Å². The number of rotatable bonds is 6. The summed E-state index contributed by atoms with van der Waals surface area (Å²) in [6, 6.07) is 69.1. The Hall–Kier alpha value is -7.94. The van der Waals surface area contributed by atoms with E-state index in [1.54, 1.807) is 0 Å². The van der Waals surface area contributed by atoms with E-state index in [1.807, 2.05) is 0 Å². The molecule has 1 aromatic heterocycles. The van der Waals surface area contributed by atoms with Crippen molar-refractivity contribution in [2.75, 3.05) is 6.61 Å². The summed E-state index contributed by atoms with van der Waals surface area (Å²) in [5.41, 5.74) is 29.8. The minimum absolute atomic E-state index is 0.138. The monoisotopic (exact) mass is 968 g/mol. The first kappa shape index (κ1) is 44.5. The maximum absolute atomic E-state index is 6.88. The molecule has 0 amide bonds. The molecule has 3 aliphatic carbocycles. The van der Waals surface area contributed by atoms with E-state index in [2.05, 4.69) is 230 Å². The van der Waals surface area contributed by atoms with Crippen molar-refractivity contribution in [1.29, 1.82) is 0 Å². The molecule has 0 N–H and O–H groups in total. The summed E-state index contributed by atoms with van der Waals surface area (Å²) in [6.45, 7) is 17.6. The zero-order valence-corrected chi connectivity index (χ0v) is 44.0. The van der Waals surface area contributed by atoms with Crippen LogP contribution in [0.15, 0.2) is 186 Å². The molecule has 0 fully saturated rings. The van der Waals surface area contributed by atoms with Gasteiger partial charge in [0.2, 0.25) is 0 Å². The maximum Gasteiger partial charge on any atom is 0.143 e. The van der Waals surface area contributed by atoms with Crippen LogP contribution in [0.5, 0.6) is 5.75 Å². The molecule has 0 spiro atoms. The number of benzene rings is 10. The molecule has 0 saturated carbocycles. The fourth-order valence-corrected chi connectivity index (χ4v) is 14.6. The molecule has 364 valence electrons. The van der Waals surface area contributed by atoms with Crippen LogP contribution in [0.1, 0.15) is 109 Å². The molecule has 4 aliphatic rings. The summed E-state index contributed by atoms with van der Waals surface area (Å²) in [6.07, 6.45) is 2.80. The summed E-state index contributed by atoms with van der Waals surface area (Å²) >= 11 is 0. The smallest absolute Gasteiger partial charge is 0.143 e. The van der Waals surface area contributed by atoms with Crippen molar-refractivity contribution in [2.45, 2.75) is 89.9 Å². The zero-order chi connectivity index (χ0) is 50.7. The number of furan rings is 1. The molecule has 2 heteroatoms. The minimum atomic E-state index is -0.230. The van der Waals surface area contributed by atoms with Crippen LogP contribution in [0, 0.1) is 6.92 Å². The standard InChI is InChI=1S/C73H60O2/c1-42-16-8-11-19-50(42)49(35-44-25-30-52-60(37-44)73(6,7)63-39-55(48-27-26-45-17-9-10-18-47(45)38-48)70-69(67(52)63)54-21-13-15-23-65(54)75-70)34-43-24-29-51-56-40-62-57(41-61(56)72(4,5)59(51)36-43)68-58(71(62,2)3)31-28-46-32-33-74-64-22-14-12-20-53(64)66(46)68/h8-31,36-41,49H,32-35H2,1-7H3. The molecule has 1 aliphatic heterocycles. The third-order valence-electron chi connectivity index (χ3n) is 18.6. The molecule has 2 nitrogen and oxygen atoms in total. The predicted octanol–water partition coefficient (Wildman–Crippen LogP) is 18.8. The van der Waals surface area contributed by atoms with Crippen molar-refractivity contribution in [3.63, 3.8) is 0 Å². The van der Waals surface area contributed by atoms with E-state index in [0.717, 1.165) is 41.7 Å². The number of fused-ring (bicyclic) bond motifs is 18. The van der Waals surface area contributed by atoms with Crippen LogP contribution in [0.3, 0.4) is 0 Å². The van der Waals surface area contributed by atoms with Gasteiger partial charge in [0.05, 0.1) is 6.61 Å². The second-order valence-corrected chi connectivity index (χ2v) is 23.9. The lowest BCUT2D eigenvalue weighted by Crippen LogP contribution is -2.17. The Morgan fingerprint density at radius 1 is 0.453 bits per heavy atom. The summed E-state index contributed by atoms with van der Waals surface area (Å²) in [5.74, 6) is 1.27. The lowest BCUT2D eigenvalue weighted by Gasteiger charge is -2.25. The SMILES string of the molecule is Cc1ccccc1C(Cc1ccc2c(c1)C(C)(C)c1cc3c(cc1-2)C(C)(C)c1ccc2c(c1-3)-c1ccccc1OCC2)Cc1ccc2c(c1)C(C)(C)c1cc(-c3ccc4ccccc4c3)c3oc4ccccc4c3c1-2. The first-order valence-corrected chi connectivity index (χ1v) is 27.2. The van der Waals surface area contributed by atoms with Crippen molar-refractivity contribution < 1.29 is 9.15 Å². The molecule has 11 aromatic rings. The van der Waals surface area contributed by atoms with Crippen molar-refractivity contribution in [3.8, 4) is 61.4 Å². The van der Waals surface area contributed by atoms with E-state index in [-0.39, 0.29) is 22.2 Å². The fourth-order valence-electron chi connectivity index (χ4n) is 14.6. The highest BCUT2D eigenvalue weighted by molar-refractivity contribution is 6.19.